The first-order valence-corrected chi connectivity index (χ1v) is 28.0. The number of aromatic hydroxyl groups is 1. The maximum atomic E-state index is 13.7. The molecule has 0 heterocycles. The van der Waals surface area contributed by atoms with Crippen molar-refractivity contribution in [3.05, 3.63) is 193 Å². The minimum atomic E-state index is -4.95. The lowest BCUT2D eigenvalue weighted by Gasteiger charge is -2.42. The minimum Gasteiger partial charge on any atom is -0.508 e. The van der Waals surface area contributed by atoms with Crippen molar-refractivity contribution in [3.8, 4) is 62.5 Å². The molecule has 0 aliphatic rings. The third-order valence-corrected chi connectivity index (χ3v) is 17.7. The molecular weight excluding hydrogens is 1020 g/mol. The second-order valence-electron chi connectivity index (χ2n) is 19.6. The highest BCUT2D eigenvalue weighted by molar-refractivity contribution is 7.92. The lowest BCUT2D eigenvalue weighted by Crippen LogP contribution is -2.47. The molecule has 0 saturated heterocycles. The average molecular weight is 1070 g/mol. The SMILES string of the molecule is CC(C)(C)c1ccc(S(=O)(=O)c2ccc(Oc3ccc(-c4ccc(OC(C)(C)C(C)(C)c5ccc(S(=O)(=O)c6ccc(Oc7ccc(-c8ccc(O)cc8)cc7)cc6)cc5)cc4)cc3)c(S(=O)(=O)O)c2)cc1OS. The van der Waals surface area contributed by atoms with E-state index in [0.717, 1.165) is 33.9 Å². The van der Waals surface area contributed by atoms with Gasteiger partial charge >= 0.3 is 0 Å². The van der Waals surface area contributed by atoms with Gasteiger partial charge in [-0.25, -0.2) is 16.8 Å². The van der Waals surface area contributed by atoms with Gasteiger partial charge in [-0.05, 0) is 156 Å². The van der Waals surface area contributed by atoms with Gasteiger partial charge in [0.25, 0.3) is 10.1 Å². The van der Waals surface area contributed by atoms with Crippen LogP contribution in [0.5, 0.6) is 40.2 Å². The molecule has 2 N–H and O–H groups in total. The monoisotopic (exact) mass is 1070 g/mol. The molecular formula is C58H54O12S4. The normalized spacial score (nSPS) is 12.5. The molecule has 0 atom stereocenters. The number of ether oxygens (including phenoxy) is 3. The molecule has 0 aliphatic carbocycles. The number of thiol groups is 1. The van der Waals surface area contributed by atoms with Crippen molar-refractivity contribution in [2.24, 2.45) is 0 Å². The predicted octanol–water partition coefficient (Wildman–Crippen LogP) is 13.9. The van der Waals surface area contributed by atoms with Gasteiger partial charge in [-0.2, -0.15) is 8.42 Å². The summed E-state index contributed by atoms with van der Waals surface area (Å²) in [7, 11) is -13.1. The van der Waals surface area contributed by atoms with Crippen LogP contribution < -0.4 is 18.4 Å². The Hall–Kier alpha value is -7.08. The molecule has 12 nitrogen and oxygen atoms in total. The van der Waals surface area contributed by atoms with Gasteiger partial charge in [0, 0.05) is 30.0 Å². The molecule has 0 unspecified atom stereocenters. The van der Waals surface area contributed by atoms with E-state index in [1.807, 2.05) is 109 Å². The van der Waals surface area contributed by atoms with Crippen LogP contribution in [0.4, 0.5) is 0 Å². The highest BCUT2D eigenvalue weighted by atomic mass is 32.2. The third kappa shape index (κ3) is 11.3. The van der Waals surface area contributed by atoms with Gasteiger partial charge < -0.3 is 23.5 Å². The zero-order valence-corrected chi connectivity index (χ0v) is 44.8. The molecule has 74 heavy (non-hydrogen) atoms. The van der Waals surface area contributed by atoms with Gasteiger partial charge in [0.05, 0.1) is 19.6 Å². The summed E-state index contributed by atoms with van der Waals surface area (Å²) in [6.07, 6.45) is 0. The van der Waals surface area contributed by atoms with Gasteiger partial charge in [-0.1, -0.05) is 101 Å². The molecule has 0 saturated carbocycles. The molecule has 8 aromatic rings. The molecule has 382 valence electrons. The molecule has 8 rings (SSSR count). The molecule has 16 heteroatoms. The summed E-state index contributed by atoms with van der Waals surface area (Å²) in [4.78, 5) is -1.01. The van der Waals surface area contributed by atoms with Crippen LogP contribution in [-0.4, -0.2) is 40.5 Å². The smallest absolute Gasteiger partial charge is 0.298 e. The summed E-state index contributed by atoms with van der Waals surface area (Å²) in [5.74, 6) is 2.04. The topological polar surface area (TPSA) is 180 Å². The van der Waals surface area contributed by atoms with Gasteiger partial charge in [-0.3, -0.25) is 4.55 Å². The fraction of sp³-hybridized carbons (Fsp3) is 0.172. The number of rotatable bonds is 16. The van der Waals surface area contributed by atoms with E-state index >= 15 is 0 Å². The van der Waals surface area contributed by atoms with Crippen LogP contribution in [0.3, 0.4) is 0 Å². The van der Waals surface area contributed by atoms with Crippen molar-refractivity contribution in [1.82, 2.24) is 0 Å². The Morgan fingerprint density at radius 1 is 0.432 bits per heavy atom. The fourth-order valence-corrected chi connectivity index (χ4v) is 11.6. The third-order valence-electron chi connectivity index (χ3n) is 13.1. The van der Waals surface area contributed by atoms with Crippen LogP contribution in [-0.2, 0) is 40.6 Å². The standard InChI is InChI=1S/C58H54O12S4/c1-56(2,3)52-34-32-50(36-54(52)70-71)73(62,63)51-33-35-53(55(37-51)74(64,65)66)68-46-22-12-40(13-23-46)41-14-24-47(25-15-41)69-58(6,7)57(4,5)42-16-28-48(29-17-42)72(60,61)49-30-26-45(27-31-49)67-44-20-10-39(11-21-44)38-8-18-43(59)19-9-38/h8-37,59,71H,1-7H3,(H,64,65,66). The molecule has 0 bridgehead atoms. The Kier molecular flexibility index (Phi) is 14.6. The summed E-state index contributed by atoms with van der Waals surface area (Å²) >= 11 is 3.90. The highest BCUT2D eigenvalue weighted by Gasteiger charge is 2.41. The maximum Gasteiger partial charge on any atom is 0.298 e. The van der Waals surface area contributed by atoms with E-state index in [1.54, 1.807) is 78.9 Å². The Labute approximate surface area is 438 Å². The van der Waals surface area contributed by atoms with Crippen LogP contribution in [0.1, 0.15) is 59.6 Å². The zero-order valence-electron chi connectivity index (χ0n) is 41.5. The van der Waals surface area contributed by atoms with Crippen molar-refractivity contribution in [2.45, 2.75) is 89.4 Å². The van der Waals surface area contributed by atoms with E-state index in [0.29, 0.717) is 22.8 Å². The van der Waals surface area contributed by atoms with Gasteiger partial charge in [-0.15, -0.1) is 0 Å². The number of hydrogen-bond donors (Lipinski definition) is 3. The maximum absolute atomic E-state index is 13.7. The number of phenols is 1. The first-order valence-electron chi connectivity index (χ1n) is 23.2. The van der Waals surface area contributed by atoms with Crippen LogP contribution in [0, 0.1) is 0 Å². The van der Waals surface area contributed by atoms with Crippen LogP contribution in [0.2, 0.25) is 0 Å². The van der Waals surface area contributed by atoms with E-state index in [-0.39, 0.29) is 48.0 Å². The minimum absolute atomic E-state index is 0.127. The summed E-state index contributed by atoms with van der Waals surface area (Å²) in [5, 5.41) is 9.58. The summed E-state index contributed by atoms with van der Waals surface area (Å²) in [5.41, 5.74) is 3.37. The van der Waals surface area contributed by atoms with Crippen LogP contribution in [0.15, 0.2) is 206 Å². The van der Waals surface area contributed by atoms with E-state index < -0.39 is 45.7 Å². The average Bonchev–Trinajstić information content (AvgIpc) is 3.36. The summed E-state index contributed by atoms with van der Waals surface area (Å²) < 4.78 is 114. The van der Waals surface area contributed by atoms with E-state index in [1.165, 1.54) is 36.4 Å². The molecule has 0 amide bonds. The summed E-state index contributed by atoms with van der Waals surface area (Å²) in [6.45, 7) is 13.8. The second-order valence-corrected chi connectivity index (χ2v) is 25.1. The van der Waals surface area contributed by atoms with Crippen molar-refractivity contribution in [2.75, 3.05) is 0 Å². The Morgan fingerprint density at radius 2 is 0.824 bits per heavy atom. The lowest BCUT2D eigenvalue weighted by molar-refractivity contribution is 0.0357. The lowest BCUT2D eigenvalue weighted by atomic mass is 9.72. The van der Waals surface area contributed by atoms with Crippen LogP contribution >= 0.6 is 12.9 Å². The second kappa shape index (κ2) is 20.3. The van der Waals surface area contributed by atoms with Crippen molar-refractivity contribution < 1.29 is 53.3 Å². The molecule has 0 radical (unpaired) electrons. The number of phenolic OH excluding ortho intramolecular Hbond substituents is 1. The molecule has 0 aromatic heterocycles. The molecule has 0 aliphatic heterocycles. The van der Waals surface area contributed by atoms with Crippen LogP contribution in [0.25, 0.3) is 22.3 Å². The Bertz CT molecular complexity index is 3660. The number of benzene rings is 8. The largest absolute Gasteiger partial charge is 0.508 e. The summed E-state index contributed by atoms with van der Waals surface area (Å²) in [6, 6.07) is 49.3. The first kappa shape index (κ1) is 53.2. The molecule has 0 fully saturated rings. The number of sulfone groups is 2. The van der Waals surface area contributed by atoms with E-state index in [2.05, 4.69) is 12.9 Å². The first-order chi connectivity index (χ1) is 34.8. The van der Waals surface area contributed by atoms with E-state index in [4.69, 9.17) is 18.4 Å². The van der Waals surface area contributed by atoms with Gasteiger partial charge in [0.1, 0.15) is 50.7 Å². The fourth-order valence-electron chi connectivity index (χ4n) is 8.15. The molecule has 8 aromatic carbocycles. The Balaban J connectivity index is 0.900. The number of hydrogen-bond acceptors (Lipinski definition) is 12. The Morgan fingerprint density at radius 3 is 1.30 bits per heavy atom. The highest BCUT2D eigenvalue weighted by Crippen LogP contribution is 2.41. The van der Waals surface area contributed by atoms with Crippen molar-refractivity contribution in [3.63, 3.8) is 0 Å². The molecule has 0 spiro atoms. The zero-order chi connectivity index (χ0) is 53.4. The van der Waals surface area contributed by atoms with Crippen molar-refractivity contribution in [1.29, 1.82) is 0 Å². The quantitative estimate of drug-likeness (QED) is 0.0474. The predicted molar refractivity (Wildman–Crippen MR) is 288 cm³/mol. The van der Waals surface area contributed by atoms with Gasteiger partial charge in [0.2, 0.25) is 19.7 Å². The van der Waals surface area contributed by atoms with Gasteiger partial charge in [0.15, 0.2) is 0 Å². The van der Waals surface area contributed by atoms with E-state index in [9.17, 15) is 34.9 Å². The van der Waals surface area contributed by atoms with Crippen molar-refractivity contribution >= 4 is 42.7 Å².